The highest BCUT2D eigenvalue weighted by Crippen LogP contribution is 2.27. The minimum Gasteiger partial charge on any atom is -0.493 e. The largest absolute Gasteiger partial charge is 0.493 e. The van der Waals surface area contributed by atoms with Crippen LogP contribution in [0.1, 0.15) is 26.3 Å². The average molecular weight is 447 g/mol. The molecule has 0 aliphatic rings. The molecule has 0 bridgehead atoms. The van der Waals surface area contributed by atoms with E-state index in [1.54, 1.807) is 42.5 Å². The molecule has 33 heavy (non-hydrogen) atoms. The Labute approximate surface area is 191 Å². The van der Waals surface area contributed by atoms with Crippen LogP contribution >= 0.6 is 0 Å². The van der Waals surface area contributed by atoms with Gasteiger partial charge in [0.1, 0.15) is 0 Å². The molecular formula is C25H25N3O5. The highest BCUT2D eigenvalue weighted by Gasteiger charge is 2.12. The monoisotopic (exact) mass is 447 g/mol. The van der Waals surface area contributed by atoms with Crippen molar-refractivity contribution < 1.29 is 23.9 Å². The maximum atomic E-state index is 12.4. The minimum atomic E-state index is -0.411. The number of ether oxygens (including phenoxy) is 2. The van der Waals surface area contributed by atoms with Crippen molar-refractivity contribution in [1.82, 2.24) is 10.6 Å². The predicted octanol–water partition coefficient (Wildman–Crippen LogP) is 3.00. The molecule has 0 aromatic heterocycles. The van der Waals surface area contributed by atoms with Crippen LogP contribution in [0.15, 0.2) is 72.8 Å². The summed E-state index contributed by atoms with van der Waals surface area (Å²) in [7, 11) is 2.99. The molecular weight excluding hydrogens is 422 g/mol. The number of amides is 3. The van der Waals surface area contributed by atoms with Gasteiger partial charge in [-0.2, -0.15) is 0 Å². The molecule has 3 rings (SSSR count). The van der Waals surface area contributed by atoms with Crippen LogP contribution in [-0.2, 0) is 11.3 Å². The highest BCUT2D eigenvalue weighted by atomic mass is 16.5. The van der Waals surface area contributed by atoms with Gasteiger partial charge in [-0.15, -0.1) is 0 Å². The number of nitrogens with one attached hydrogen (secondary N) is 3. The van der Waals surface area contributed by atoms with Gasteiger partial charge < -0.3 is 25.4 Å². The standard InChI is InChI=1S/C25H25N3O5/c1-32-21-12-11-19(14-22(21)33-2)24(30)27-16-23(29)26-15-17-7-6-8-18(13-17)25(31)28-20-9-4-3-5-10-20/h3-14H,15-16H2,1-2H3,(H,26,29)(H,27,30)(H,28,31). The summed E-state index contributed by atoms with van der Waals surface area (Å²) in [5, 5.41) is 8.12. The molecule has 0 aliphatic heterocycles. The maximum absolute atomic E-state index is 12.4. The summed E-state index contributed by atoms with van der Waals surface area (Å²) >= 11 is 0. The number of anilines is 1. The van der Waals surface area contributed by atoms with E-state index in [-0.39, 0.29) is 24.9 Å². The lowest BCUT2D eigenvalue weighted by atomic mass is 10.1. The second kappa shape index (κ2) is 11.3. The number of carbonyl (C=O) groups excluding carboxylic acids is 3. The molecule has 0 unspecified atom stereocenters. The average Bonchev–Trinajstić information content (AvgIpc) is 2.86. The molecule has 0 spiro atoms. The first-order valence-corrected chi connectivity index (χ1v) is 10.2. The van der Waals surface area contributed by atoms with Gasteiger partial charge in [-0.05, 0) is 48.0 Å². The van der Waals surface area contributed by atoms with Gasteiger partial charge in [-0.3, -0.25) is 14.4 Å². The summed E-state index contributed by atoms with van der Waals surface area (Å²) in [6.07, 6.45) is 0. The van der Waals surface area contributed by atoms with Gasteiger partial charge in [0.25, 0.3) is 11.8 Å². The fraction of sp³-hybridized carbons (Fsp3) is 0.160. The van der Waals surface area contributed by atoms with Crippen LogP contribution in [-0.4, -0.2) is 38.5 Å². The van der Waals surface area contributed by atoms with E-state index in [2.05, 4.69) is 16.0 Å². The normalized spacial score (nSPS) is 10.1. The Kier molecular flexibility index (Phi) is 8.02. The first-order valence-electron chi connectivity index (χ1n) is 10.2. The van der Waals surface area contributed by atoms with Crippen LogP contribution < -0.4 is 25.4 Å². The van der Waals surface area contributed by atoms with Gasteiger partial charge >= 0.3 is 0 Å². The molecule has 3 N–H and O–H groups in total. The lowest BCUT2D eigenvalue weighted by Gasteiger charge is -2.11. The zero-order valence-corrected chi connectivity index (χ0v) is 18.4. The SMILES string of the molecule is COc1ccc(C(=O)NCC(=O)NCc2cccc(C(=O)Nc3ccccc3)c2)cc1OC. The number of hydrogen-bond donors (Lipinski definition) is 3. The number of para-hydroxylation sites is 1. The second-order valence-electron chi connectivity index (χ2n) is 7.05. The van der Waals surface area contributed by atoms with Crippen molar-refractivity contribution in [2.75, 3.05) is 26.1 Å². The number of benzene rings is 3. The van der Waals surface area contributed by atoms with Crippen LogP contribution in [0.5, 0.6) is 11.5 Å². The Bertz CT molecular complexity index is 1130. The fourth-order valence-corrected chi connectivity index (χ4v) is 3.05. The molecule has 8 heteroatoms. The van der Waals surface area contributed by atoms with Crippen molar-refractivity contribution in [2.45, 2.75) is 6.54 Å². The number of hydrogen-bond acceptors (Lipinski definition) is 5. The Morgan fingerprint density at radius 3 is 2.18 bits per heavy atom. The van der Waals surface area contributed by atoms with E-state index >= 15 is 0 Å². The molecule has 0 atom stereocenters. The van der Waals surface area contributed by atoms with Crippen LogP contribution in [0.2, 0.25) is 0 Å². The molecule has 0 saturated heterocycles. The molecule has 0 aliphatic carbocycles. The Morgan fingerprint density at radius 1 is 0.727 bits per heavy atom. The molecule has 170 valence electrons. The summed E-state index contributed by atoms with van der Waals surface area (Å²) in [6, 6.07) is 20.9. The van der Waals surface area contributed by atoms with E-state index in [9.17, 15) is 14.4 Å². The third kappa shape index (κ3) is 6.57. The van der Waals surface area contributed by atoms with Crippen molar-refractivity contribution in [3.05, 3.63) is 89.5 Å². The van der Waals surface area contributed by atoms with Gasteiger partial charge in [0.2, 0.25) is 5.91 Å². The zero-order valence-electron chi connectivity index (χ0n) is 18.4. The third-order valence-corrected chi connectivity index (χ3v) is 4.77. The van der Waals surface area contributed by atoms with E-state index in [4.69, 9.17) is 9.47 Å². The van der Waals surface area contributed by atoms with E-state index in [0.717, 1.165) is 5.56 Å². The molecule has 0 heterocycles. The molecule has 0 saturated carbocycles. The molecule has 3 aromatic carbocycles. The van der Waals surface area contributed by atoms with Gasteiger partial charge in [0, 0.05) is 23.4 Å². The van der Waals surface area contributed by atoms with Crippen molar-refractivity contribution in [2.24, 2.45) is 0 Å². The van der Waals surface area contributed by atoms with Crippen LogP contribution in [0.4, 0.5) is 5.69 Å². The Balaban J connectivity index is 1.50. The minimum absolute atomic E-state index is 0.193. The van der Waals surface area contributed by atoms with Gasteiger partial charge in [-0.1, -0.05) is 30.3 Å². The van der Waals surface area contributed by atoms with Gasteiger partial charge in [0.15, 0.2) is 11.5 Å². The van der Waals surface area contributed by atoms with Crippen molar-refractivity contribution in [3.63, 3.8) is 0 Å². The lowest BCUT2D eigenvalue weighted by molar-refractivity contribution is -0.120. The first-order chi connectivity index (χ1) is 16.0. The van der Waals surface area contributed by atoms with E-state index in [1.165, 1.54) is 20.3 Å². The fourth-order valence-electron chi connectivity index (χ4n) is 3.05. The molecule has 0 radical (unpaired) electrons. The summed E-state index contributed by atoms with van der Waals surface area (Å²) in [4.78, 5) is 37.0. The summed E-state index contributed by atoms with van der Waals surface area (Å²) in [5.74, 6) is -0.0810. The Morgan fingerprint density at radius 2 is 1.45 bits per heavy atom. The van der Waals surface area contributed by atoms with E-state index < -0.39 is 5.91 Å². The van der Waals surface area contributed by atoms with Crippen LogP contribution in [0.3, 0.4) is 0 Å². The maximum Gasteiger partial charge on any atom is 0.255 e. The quantitative estimate of drug-likeness (QED) is 0.468. The van der Waals surface area contributed by atoms with Gasteiger partial charge in [-0.25, -0.2) is 0 Å². The summed E-state index contributed by atoms with van der Waals surface area (Å²) < 4.78 is 10.3. The third-order valence-electron chi connectivity index (χ3n) is 4.77. The molecule has 0 fully saturated rings. The van der Waals surface area contributed by atoms with Crippen molar-refractivity contribution in [1.29, 1.82) is 0 Å². The lowest BCUT2D eigenvalue weighted by Crippen LogP contribution is -2.36. The number of methoxy groups -OCH3 is 2. The molecule has 3 amide bonds. The molecule has 8 nitrogen and oxygen atoms in total. The highest BCUT2D eigenvalue weighted by molar-refractivity contribution is 6.04. The van der Waals surface area contributed by atoms with Gasteiger partial charge in [0.05, 0.1) is 20.8 Å². The first kappa shape index (κ1) is 23.3. The summed E-state index contributed by atoms with van der Waals surface area (Å²) in [6.45, 7) is 0.0267. The second-order valence-corrected chi connectivity index (χ2v) is 7.05. The predicted molar refractivity (Wildman–Crippen MR) is 125 cm³/mol. The zero-order chi connectivity index (χ0) is 23.6. The number of carbonyl (C=O) groups is 3. The van der Waals surface area contributed by atoms with E-state index in [1.807, 2.05) is 24.3 Å². The van der Waals surface area contributed by atoms with Crippen molar-refractivity contribution in [3.8, 4) is 11.5 Å². The van der Waals surface area contributed by atoms with Crippen LogP contribution in [0.25, 0.3) is 0 Å². The van der Waals surface area contributed by atoms with E-state index in [0.29, 0.717) is 28.3 Å². The summed E-state index contributed by atoms with van der Waals surface area (Å²) in [5.41, 5.74) is 2.28. The number of rotatable bonds is 9. The van der Waals surface area contributed by atoms with Crippen LogP contribution in [0, 0.1) is 0 Å². The topological polar surface area (TPSA) is 106 Å². The molecule has 3 aromatic rings. The van der Waals surface area contributed by atoms with Crippen molar-refractivity contribution >= 4 is 23.4 Å². The Hall–Kier alpha value is -4.33. The smallest absolute Gasteiger partial charge is 0.255 e.